The monoisotopic (exact) mass is 252 g/mol. The van der Waals surface area contributed by atoms with Crippen LogP contribution in [0.25, 0.3) is 0 Å². The molecular formula is C11H16N4OS. The number of carbonyl (C=O) groups excluding carboxylic acids is 1. The number of nitrogens with one attached hydrogen (secondary N) is 2. The summed E-state index contributed by atoms with van der Waals surface area (Å²) < 4.78 is 0. The minimum absolute atomic E-state index is 0.130. The second-order valence-electron chi connectivity index (χ2n) is 3.96. The van der Waals surface area contributed by atoms with E-state index in [-0.39, 0.29) is 11.9 Å². The summed E-state index contributed by atoms with van der Waals surface area (Å²) >= 11 is 1.88. The molecule has 0 spiro atoms. The molecule has 0 aromatic carbocycles. The number of anilines is 1. The second-order valence-corrected chi connectivity index (χ2v) is 5.11. The SMILES string of the molecule is NNc1ccnc(C(=O)NC2CCCSC2)c1. The fraction of sp³-hybridized carbons (Fsp3) is 0.455. The van der Waals surface area contributed by atoms with Gasteiger partial charge in [0.25, 0.3) is 5.91 Å². The maximum Gasteiger partial charge on any atom is 0.270 e. The van der Waals surface area contributed by atoms with Crippen LogP contribution < -0.4 is 16.6 Å². The minimum atomic E-state index is -0.130. The van der Waals surface area contributed by atoms with E-state index in [0.717, 1.165) is 18.6 Å². The van der Waals surface area contributed by atoms with E-state index in [0.29, 0.717) is 11.4 Å². The van der Waals surface area contributed by atoms with Gasteiger partial charge in [-0.15, -0.1) is 0 Å². The Balaban J connectivity index is 1.98. The summed E-state index contributed by atoms with van der Waals surface area (Å²) in [6.07, 6.45) is 3.78. The molecule has 0 aliphatic carbocycles. The Bertz CT molecular complexity index is 393. The third-order valence-corrected chi connectivity index (χ3v) is 3.87. The molecule has 0 radical (unpaired) electrons. The maximum atomic E-state index is 11.9. The molecule has 0 bridgehead atoms. The molecule has 1 unspecified atom stereocenters. The summed E-state index contributed by atoms with van der Waals surface area (Å²) in [6.45, 7) is 0. The topological polar surface area (TPSA) is 80.0 Å². The van der Waals surface area contributed by atoms with Gasteiger partial charge in [-0.05, 0) is 30.7 Å². The Morgan fingerprint density at radius 2 is 2.47 bits per heavy atom. The number of amides is 1. The maximum absolute atomic E-state index is 11.9. The zero-order valence-electron chi connectivity index (χ0n) is 9.48. The van der Waals surface area contributed by atoms with Crippen molar-refractivity contribution >= 4 is 23.4 Å². The van der Waals surface area contributed by atoms with E-state index in [9.17, 15) is 4.79 Å². The van der Waals surface area contributed by atoms with E-state index >= 15 is 0 Å². The van der Waals surface area contributed by atoms with Gasteiger partial charge in [0.05, 0.1) is 5.69 Å². The van der Waals surface area contributed by atoms with E-state index in [1.807, 2.05) is 11.8 Å². The molecule has 4 N–H and O–H groups in total. The highest BCUT2D eigenvalue weighted by Crippen LogP contribution is 2.17. The lowest BCUT2D eigenvalue weighted by Crippen LogP contribution is -2.38. The van der Waals surface area contributed by atoms with Gasteiger partial charge in [0.2, 0.25) is 0 Å². The van der Waals surface area contributed by atoms with Crippen LogP contribution >= 0.6 is 11.8 Å². The van der Waals surface area contributed by atoms with Crippen molar-refractivity contribution in [2.24, 2.45) is 5.84 Å². The number of rotatable bonds is 3. The second kappa shape index (κ2) is 5.88. The largest absolute Gasteiger partial charge is 0.347 e. The third-order valence-electron chi connectivity index (χ3n) is 2.65. The molecule has 1 aromatic rings. The highest BCUT2D eigenvalue weighted by atomic mass is 32.2. The van der Waals surface area contributed by atoms with Crippen LogP contribution in [0.4, 0.5) is 5.69 Å². The van der Waals surface area contributed by atoms with Crippen molar-refractivity contribution in [2.75, 3.05) is 16.9 Å². The average Bonchev–Trinajstić information content (AvgIpc) is 2.40. The van der Waals surface area contributed by atoms with Gasteiger partial charge in [-0.1, -0.05) is 0 Å². The van der Waals surface area contributed by atoms with Crippen molar-refractivity contribution in [2.45, 2.75) is 18.9 Å². The number of hydrogen-bond donors (Lipinski definition) is 3. The van der Waals surface area contributed by atoms with Crippen LogP contribution in [0.1, 0.15) is 23.3 Å². The summed E-state index contributed by atoms with van der Waals surface area (Å²) in [6, 6.07) is 3.62. The molecule has 1 aliphatic heterocycles. The minimum Gasteiger partial charge on any atom is -0.347 e. The fourth-order valence-electron chi connectivity index (χ4n) is 1.76. The molecule has 2 heterocycles. The summed E-state index contributed by atoms with van der Waals surface area (Å²) in [5.74, 6) is 7.34. The first-order valence-electron chi connectivity index (χ1n) is 5.61. The molecule has 17 heavy (non-hydrogen) atoms. The van der Waals surface area contributed by atoms with Crippen LogP contribution in [0.15, 0.2) is 18.3 Å². The van der Waals surface area contributed by atoms with Crippen molar-refractivity contribution in [3.63, 3.8) is 0 Å². The van der Waals surface area contributed by atoms with Gasteiger partial charge in [-0.2, -0.15) is 11.8 Å². The Labute approximate surface area is 105 Å². The Morgan fingerprint density at radius 1 is 1.59 bits per heavy atom. The predicted molar refractivity (Wildman–Crippen MR) is 69.9 cm³/mol. The van der Waals surface area contributed by atoms with Gasteiger partial charge >= 0.3 is 0 Å². The van der Waals surface area contributed by atoms with Crippen LogP contribution in [0.2, 0.25) is 0 Å². The normalized spacial score (nSPS) is 19.7. The van der Waals surface area contributed by atoms with Crippen LogP contribution in [-0.2, 0) is 0 Å². The Hall–Kier alpha value is -1.27. The number of hydrazine groups is 1. The zero-order valence-corrected chi connectivity index (χ0v) is 10.3. The molecule has 92 valence electrons. The number of pyridine rings is 1. The first-order valence-corrected chi connectivity index (χ1v) is 6.76. The van der Waals surface area contributed by atoms with Gasteiger partial charge in [0.15, 0.2) is 0 Å². The highest BCUT2D eigenvalue weighted by Gasteiger charge is 2.17. The van der Waals surface area contributed by atoms with Gasteiger partial charge in [-0.3, -0.25) is 15.6 Å². The molecule has 1 atom stereocenters. The number of nitrogens with zero attached hydrogens (tertiary/aromatic N) is 1. The molecule has 1 fully saturated rings. The number of hydrogen-bond acceptors (Lipinski definition) is 5. The molecule has 6 heteroatoms. The van der Waals surface area contributed by atoms with Crippen molar-refractivity contribution in [3.05, 3.63) is 24.0 Å². The first kappa shape index (κ1) is 12.2. The lowest BCUT2D eigenvalue weighted by atomic mass is 10.2. The van der Waals surface area contributed by atoms with Crippen molar-refractivity contribution in [1.82, 2.24) is 10.3 Å². The summed E-state index contributed by atoms with van der Waals surface area (Å²) in [5, 5.41) is 3.00. The number of carbonyl (C=O) groups is 1. The third kappa shape index (κ3) is 3.34. The first-order chi connectivity index (χ1) is 8.29. The van der Waals surface area contributed by atoms with Crippen LogP contribution in [0, 0.1) is 0 Å². The zero-order chi connectivity index (χ0) is 12.1. The average molecular weight is 252 g/mol. The smallest absolute Gasteiger partial charge is 0.270 e. The Morgan fingerprint density at radius 3 is 3.18 bits per heavy atom. The molecule has 1 amide bonds. The van der Waals surface area contributed by atoms with Crippen molar-refractivity contribution in [3.8, 4) is 0 Å². The van der Waals surface area contributed by atoms with E-state index in [2.05, 4.69) is 15.7 Å². The molecule has 5 nitrogen and oxygen atoms in total. The molecule has 1 aromatic heterocycles. The van der Waals surface area contributed by atoms with Crippen LogP contribution in [0.5, 0.6) is 0 Å². The van der Waals surface area contributed by atoms with Crippen molar-refractivity contribution in [1.29, 1.82) is 0 Å². The summed E-state index contributed by atoms with van der Waals surface area (Å²) in [7, 11) is 0. The van der Waals surface area contributed by atoms with E-state index < -0.39 is 0 Å². The van der Waals surface area contributed by atoms with Crippen LogP contribution in [0.3, 0.4) is 0 Å². The Kier molecular flexibility index (Phi) is 4.22. The van der Waals surface area contributed by atoms with E-state index in [1.165, 1.54) is 5.75 Å². The predicted octanol–water partition coefficient (Wildman–Crippen LogP) is 0.993. The van der Waals surface area contributed by atoms with Gasteiger partial charge in [0.1, 0.15) is 5.69 Å². The fourth-order valence-corrected chi connectivity index (χ4v) is 2.83. The van der Waals surface area contributed by atoms with E-state index in [4.69, 9.17) is 5.84 Å². The van der Waals surface area contributed by atoms with Gasteiger partial charge < -0.3 is 10.7 Å². The number of nitrogen functional groups attached to an aromatic ring is 1. The van der Waals surface area contributed by atoms with Crippen molar-refractivity contribution < 1.29 is 4.79 Å². The lowest BCUT2D eigenvalue weighted by Gasteiger charge is -2.22. The highest BCUT2D eigenvalue weighted by molar-refractivity contribution is 7.99. The number of thioether (sulfide) groups is 1. The molecule has 0 saturated carbocycles. The van der Waals surface area contributed by atoms with Gasteiger partial charge in [0, 0.05) is 18.0 Å². The van der Waals surface area contributed by atoms with Gasteiger partial charge in [-0.25, -0.2) is 0 Å². The lowest BCUT2D eigenvalue weighted by molar-refractivity contribution is 0.0933. The molecule has 2 rings (SSSR count). The van der Waals surface area contributed by atoms with E-state index in [1.54, 1.807) is 18.3 Å². The molecule has 1 saturated heterocycles. The quantitative estimate of drug-likeness (QED) is 0.552. The number of nitrogens with two attached hydrogens (primary N) is 1. The summed E-state index contributed by atoms with van der Waals surface area (Å²) in [4.78, 5) is 16.0. The molecular weight excluding hydrogens is 236 g/mol. The standard InChI is InChI=1S/C11H16N4OS/c12-15-8-3-4-13-10(6-8)11(16)14-9-2-1-5-17-7-9/h3-4,6,9H,1-2,5,7,12H2,(H,13,15)(H,14,16). The number of aromatic nitrogens is 1. The molecule has 1 aliphatic rings. The summed E-state index contributed by atoms with van der Waals surface area (Å²) in [5.41, 5.74) is 3.58. The van der Waals surface area contributed by atoms with Crippen LogP contribution in [-0.4, -0.2) is 28.4 Å².